The molecule has 8 heteroatoms. The summed E-state index contributed by atoms with van der Waals surface area (Å²) in [7, 11) is -3.12. The Labute approximate surface area is 143 Å². The summed E-state index contributed by atoms with van der Waals surface area (Å²) in [5, 5.41) is 3.18. The number of sulfone groups is 1. The van der Waals surface area contributed by atoms with Crippen LogP contribution in [-0.2, 0) is 22.1 Å². The zero-order valence-electron chi connectivity index (χ0n) is 13.3. The van der Waals surface area contributed by atoms with Crippen molar-refractivity contribution in [3.05, 3.63) is 63.0 Å². The molecule has 0 atom stereocenters. The fourth-order valence-electron chi connectivity index (χ4n) is 2.44. The van der Waals surface area contributed by atoms with Gasteiger partial charge in [-0.1, -0.05) is 18.2 Å². The predicted octanol–water partition coefficient (Wildman–Crippen LogP) is 2.22. The first-order valence-corrected chi connectivity index (χ1v) is 10.2. The number of nitrogens with one attached hydrogen (secondary N) is 1. The van der Waals surface area contributed by atoms with Gasteiger partial charge in [0.15, 0.2) is 14.8 Å². The molecule has 0 spiro atoms. The minimum atomic E-state index is -3.12. The highest BCUT2D eigenvalue weighted by Crippen LogP contribution is 2.19. The van der Waals surface area contributed by atoms with Gasteiger partial charge in [-0.25, -0.2) is 13.4 Å². The first kappa shape index (κ1) is 16.7. The van der Waals surface area contributed by atoms with Crippen LogP contribution in [0, 0.1) is 6.92 Å². The number of hydrogen-bond acceptors (Lipinski definition) is 6. The number of thiazole rings is 1. The molecular weight excluding hydrogens is 346 g/mol. The molecule has 2 aromatic heterocycles. The highest BCUT2D eigenvalue weighted by atomic mass is 32.2. The van der Waals surface area contributed by atoms with Gasteiger partial charge in [0.1, 0.15) is 0 Å². The number of hydrogen-bond donors (Lipinski definition) is 1. The van der Waals surface area contributed by atoms with E-state index in [0.717, 1.165) is 10.6 Å². The van der Waals surface area contributed by atoms with Gasteiger partial charge in [0, 0.05) is 29.1 Å². The minimum Gasteiger partial charge on any atom is -0.379 e. The Kier molecular flexibility index (Phi) is 4.42. The number of para-hydroxylation sites is 1. The Morgan fingerprint density at radius 2 is 2.04 bits per heavy atom. The molecule has 0 radical (unpaired) electrons. The van der Waals surface area contributed by atoms with Crippen LogP contribution in [0.4, 0.5) is 5.69 Å². The van der Waals surface area contributed by atoms with Crippen molar-refractivity contribution in [3.8, 4) is 0 Å². The van der Waals surface area contributed by atoms with Crippen molar-refractivity contribution in [1.82, 2.24) is 9.38 Å². The fraction of sp³-hybridized carbons (Fsp3) is 0.250. The smallest absolute Gasteiger partial charge is 0.258 e. The molecule has 1 aromatic carbocycles. The first-order valence-electron chi connectivity index (χ1n) is 7.30. The lowest BCUT2D eigenvalue weighted by molar-refractivity contribution is 0.601. The van der Waals surface area contributed by atoms with Gasteiger partial charge < -0.3 is 5.32 Å². The van der Waals surface area contributed by atoms with E-state index in [9.17, 15) is 13.2 Å². The summed E-state index contributed by atoms with van der Waals surface area (Å²) in [6, 6.07) is 8.73. The number of benzene rings is 1. The van der Waals surface area contributed by atoms with Crippen molar-refractivity contribution in [2.24, 2.45) is 0 Å². The second-order valence-corrected chi connectivity index (χ2v) is 9.01. The van der Waals surface area contributed by atoms with Crippen LogP contribution < -0.4 is 10.9 Å². The van der Waals surface area contributed by atoms with Crippen molar-refractivity contribution in [3.63, 3.8) is 0 Å². The second-order valence-electron chi connectivity index (χ2n) is 5.66. The SMILES string of the molecule is Cc1cn2c(=O)cc(CNc3ccccc3CS(C)(=O)=O)nc2s1. The molecule has 1 N–H and O–H groups in total. The third-order valence-corrected chi connectivity index (χ3v) is 5.16. The van der Waals surface area contributed by atoms with E-state index in [1.807, 2.05) is 19.1 Å². The van der Waals surface area contributed by atoms with Crippen LogP contribution in [0.25, 0.3) is 4.96 Å². The number of aromatic nitrogens is 2. The van der Waals surface area contributed by atoms with Crippen LogP contribution in [0.3, 0.4) is 0 Å². The molecule has 0 saturated heterocycles. The standard InChI is InChI=1S/C16H17N3O3S2/c1-11-9-19-15(20)7-13(18-16(19)23-11)8-17-14-6-4-3-5-12(14)10-24(2,21)22/h3-7,9,17H,8,10H2,1-2H3. The summed E-state index contributed by atoms with van der Waals surface area (Å²) in [6.45, 7) is 2.28. The van der Waals surface area contributed by atoms with Gasteiger partial charge in [0.25, 0.3) is 5.56 Å². The molecule has 3 rings (SSSR count). The van der Waals surface area contributed by atoms with Gasteiger partial charge >= 0.3 is 0 Å². The molecule has 0 aliphatic heterocycles. The van der Waals surface area contributed by atoms with E-state index in [2.05, 4.69) is 10.3 Å². The quantitative estimate of drug-likeness (QED) is 0.752. The van der Waals surface area contributed by atoms with Gasteiger partial charge in [-0.05, 0) is 18.6 Å². The first-order chi connectivity index (χ1) is 11.3. The Morgan fingerprint density at radius 3 is 2.79 bits per heavy atom. The van der Waals surface area contributed by atoms with E-state index in [1.165, 1.54) is 28.1 Å². The Bertz CT molecular complexity index is 1050. The average molecular weight is 363 g/mol. The van der Waals surface area contributed by atoms with Gasteiger partial charge in [-0.2, -0.15) is 0 Å². The van der Waals surface area contributed by atoms with Crippen LogP contribution in [0.15, 0.2) is 41.3 Å². The molecule has 0 fully saturated rings. The number of nitrogens with zero attached hydrogens (tertiary/aromatic N) is 2. The van der Waals surface area contributed by atoms with Crippen LogP contribution in [0.5, 0.6) is 0 Å². The van der Waals surface area contributed by atoms with Crippen LogP contribution in [0.1, 0.15) is 16.1 Å². The van der Waals surface area contributed by atoms with E-state index in [-0.39, 0.29) is 11.3 Å². The molecule has 0 aliphatic rings. The van der Waals surface area contributed by atoms with Gasteiger partial charge in [0.05, 0.1) is 18.0 Å². The zero-order chi connectivity index (χ0) is 17.3. The molecule has 6 nitrogen and oxygen atoms in total. The Morgan fingerprint density at radius 1 is 1.29 bits per heavy atom. The van der Waals surface area contributed by atoms with Crippen molar-refractivity contribution >= 4 is 31.8 Å². The molecule has 126 valence electrons. The molecule has 0 unspecified atom stereocenters. The molecule has 0 aliphatic carbocycles. The topological polar surface area (TPSA) is 80.5 Å². The molecular formula is C16H17N3O3S2. The van der Waals surface area contributed by atoms with E-state index in [4.69, 9.17) is 0 Å². The van der Waals surface area contributed by atoms with E-state index >= 15 is 0 Å². The Hall–Kier alpha value is -2.19. The summed E-state index contributed by atoms with van der Waals surface area (Å²) < 4.78 is 24.6. The van der Waals surface area contributed by atoms with Gasteiger partial charge in [-0.3, -0.25) is 9.20 Å². The maximum atomic E-state index is 12.1. The normalized spacial score (nSPS) is 11.8. The number of fused-ring (bicyclic) bond motifs is 1. The van der Waals surface area contributed by atoms with Gasteiger partial charge in [-0.15, -0.1) is 11.3 Å². The zero-order valence-corrected chi connectivity index (χ0v) is 14.9. The summed E-state index contributed by atoms with van der Waals surface area (Å²) in [5.41, 5.74) is 1.93. The number of aryl methyl sites for hydroxylation is 1. The number of anilines is 1. The van der Waals surface area contributed by atoms with E-state index < -0.39 is 9.84 Å². The maximum Gasteiger partial charge on any atom is 0.258 e. The molecule has 0 amide bonds. The minimum absolute atomic E-state index is 0.0323. The molecule has 24 heavy (non-hydrogen) atoms. The third kappa shape index (κ3) is 3.82. The van der Waals surface area contributed by atoms with Crippen LogP contribution >= 0.6 is 11.3 Å². The highest BCUT2D eigenvalue weighted by molar-refractivity contribution is 7.89. The van der Waals surface area contributed by atoms with E-state index in [0.29, 0.717) is 22.8 Å². The number of rotatable bonds is 5. The van der Waals surface area contributed by atoms with Crippen molar-refractivity contribution in [2.45, 2.75) is 19.2 Å². The van der Waals surface area contributed by atoms with Crippen molar-refractivity contribution in [1.29, 1.82) is 0 Å². The molecule has 2 heterocycles. The summed E-state index contributed by atoms with van der Waals surface area (Å²) >= 11 is 1.46. The second kappa shape index (κ2) is 6.37. The molecule has 3 aromatic rings. The summed E-state index contributed by atoms with van der Waals surface area (Å²) in [6.07, 6.45) is 2.98. The lowest BCUT2D eigenvalue weighted by Crippen LogP contribution is -2.15. The predicted molar refractivity (Wildman–Crippen MR) is 96.4 cm³/mol. The lowest BCUT2D eigenvalue weighted by Gasteiger charge is -2.11. The largest absolute Gasteiger partial charge is 0.379 e. The van der Waals surface area contributed by atoms with Crippen LogP contribution in [-0.4, -0.2) is 24.1 Å². The van der Waals surface area contributed by atoms with Gasteiger partial charge in [0.2, 0.25) is 0 Å². The fourth-order valence-corrected chi connectivity index (χ4v) is 4.10. The molecule has 0 bridgehead atoms. The summed E-state index contributed by atoms with van der Waals surface area (Å²) in [5.74, 6) is -0.0323. The lowest BCUT2D eigenvalue weighted by atomic mass is 10.2. The van der Waals surface area contributed by atoms with Crippen molar-refractivity contribution in [2.75, 3.05) is 11.6 Å². The summed E-state index contributed by atoms with van der Waals surface area (Å²) in [4.78, 5) is 18.2. The van der Waals surface area contributed by atoms with Crippen LogP contribution in [0.2, 0.25) is 0 Å². The van der Waals surface area contributed by atoms with E-state index in [1.54, 1.807) is 18.3 Å². The maximum absolute atomic E-state index is 12.1. The average Bonchev–Trinajstić information content (AvgIpc) is 2.86. The van der Waals surface area contributed by atoms with Crippen molar-refractivity contribution < 1.29 is 8.42 Å². The molecule has 0 saturated carbocycles. The third-order valence-electron chi connectivity index (χ3n) is 3.43. The highest BCUT2D eigenvalue weighted by Gasteiger charge is 2.10. The Balaban J connectivity index is 1.85. The monoisotopic (exact) mass is 363 g/mol.